The van der Waals surface area contributed by atoms with Crippen molar-refractivity contribution in [3.8, 4) is 0 Å². The first kappa shape index (κ1) is 17.0. The van der Waals surface area contributed by atoms with E-state index in [9.17, 15) is 0 Å². The standard InChI is InChI=1S/CH6O4Si.K.Na.2H/c1-5-6(2,3)4;;;;/h2-4H,1H3;;;;/q;2*+1;2*-1. The predicted molar refractivity (Wildman–Crippen MR) is 21.6 cm³/mol. The van der Waals surface area contributed by atoms with Gasteiger partial charge in [0.2, 0.25) is 0 Å². The fourth-order valence-corrected chi connectivity index (χ4v) is 0. The zero-order chi connectivity index (χ0) is 5.21. The second-order valence-electron chi connectivity index (χ2n) is 0.778. The van der Waals surface area contributed by atoms with Gasteiger partial charge in [-0.25, -0.2) is 0 Å². The van der Waals surface area contributed by atoms with Crippen molar-refractivity contribution in [3.63, 3.8) is 0 Å². The Hall–Kier alpha value is 2.69. The first-order valence-corrected chi connectivity index (χ1v) is 3.03. The number of hydrogen-bond donors (Lipinski definition) is 3. The molecule has 0 aliphatic rings. The smallest absolute Gasteiger partial charge is 1.00 e. The van der Waals surface area contributed by atoms with Crippen LogP contribution in [0.25, 0.3) is 0 Å². The van der Waals surface area contributed by atoms with Gasteiger partial charge >= 0.3 is 90.0 Å². The maximum absolute atomic E-state index is 7.85. The maximum atomic E-state index is 7.85. The summed E-state index contributed by atoms with van der Waals surface area (Å²) in [7, 11) is -3.11. The molecule has 42 valence electrons. The van der Waals surface area contributed by atoms with Crippen molar-refractivity contribution < 1.29 is 103 Å². The van der Waals surface area contributed by atoms with Gasteiger partial charge in [0.1, 0.15) is 0 Å². The fourth-order valence-electron chi connectivity index (χ4n) is 0. The molecule has 0 fully saturated rings. The van der Waals surface area contributed by atoms with Crippen LogP contribution in [-0.4, -0.2) is 30.5 Å². The van der Waals surface area contributed by atoms with Gasteiger partial charge in [0.25, 0.3) is 0 Å². The Kier molecular flexibility index (Phi) is 16.5. The third-order valence-electron chi connectivity index (χ3n) is 0.274. The summed E-state index contributed by atoms with van der Waals surface area (Å²) in [6.07, 6.45) is 0. The molecule has 0 amide bonds. The predicted octanol–water partition coefficient (Wildman–Crippen LogP) is -7.72. The zero-order valence-corrected chi connectivity index (χ0v) is 11.4. The minimum atomic E-state index is -4.13. The van der Waals surface area contributed by atoms with Crippen LogP contribution in [0.5, 0.6) is 0 Å². The Morgan fingerprint density at radius 1 is 1.38 bits per heavy atom. The van der Waals surface area contributed by atoms with Gasteiger partial charge in [-0.2, -0.15) is 0 Å². The van der Waals surface area contributed by atoms with Crippen molar-refractivity contribution in [3.05, 3.63) is 0 Å². The van der Waals surface area contributed by atoms with Gasteiger partial charge < -0.3 is 21.7 Å². The minimum absolute atomic E-state index is 0. The average Bonchev–Trinajstić information content (AvgIpc) is 1.35. The summed E-state index contributed by atoms with van der Waals surface area (Å²) >= 11 is 0. The molecule has 0 aliphatic heterocycles. The number of rotatable bonds is 1. The molecule has 7 heteroatoms. The van der Waals surface area contributed by atoms with E-state index in [0.29, 0.717) is 0 Å². The molecular formula is CH8KNaO4Si. The van der Waals surface area contributed by atoms with Crippen LogP contribution in [0.2, 0.25) is 0 Å². The molecule has 0 rings (SSSR count). The van der Waals surface area contributed by atoms with Crippen LogP contribution in [0.4, 0.5) is 0 Å². The normalized spacial score (nSPS) is 9.00. The second-order valence-corrected chi connectivity index (χ2v) is 2.33. The van der Waals surface area contributed by atoms with Crippen molar-refractivity contribution in [1.29, 1.82) is 0 Å². The van der Waals surface area contributed by atoms with Crippen molar-refractivity contribution in [2.24, 2.45) is 0 Å². The Morgan fingerprint density at radius 2 is 1.50 bits per heavy atom. The molecule has 0 spiro atoms. The van der Waals surface area contributed by atoms with E-state index in [1.165, 1.54) is 0 Å². The second kappa shape index (κ2) is 7.80. The summed E-state index contributed by atoms with van der Waals surface area (Å²) < 4.78 is 3.74. The van der Waals surface area contributed by atoms with Crippen LogP contribution in [-0.2, 0) is 4.43 Å². The van der Waals surface area contributed by atoms with Crippen molar-refractivity contribution in [2.75, 3.05) is 7.11 Å². The van der Waals surface area contributed by atoms with Crippen LogP contribution in [0.3, 0.4) is 0 Å². The molecule has 0 bridgehead atoms. The summed E-state index contributed by atoms with van der Waals surface area (Å²) in [6.45, 7) is 0. The monoisotopic (exact) mass is 174 g/mol. The van der Waals surface area contributed by atoms with E-state index in [1.807, 2.05) is 0 Å². The summed E-state index contributed by atoms with van der Waals surface area (Å²) in [4.78, 5) is 23.6. The van der Waals surface area contributed by atoms with E-state index >= 15 is 0 Å². The van der Waals surface area contributed by atoms with Gasteiger partial charge in [-0.1, -0.05) is 0 Å². The molecule has 0 saturated carbocycles. The maximum Gasteiger partial charge on any atom is 1.00 e. The van der Waals surface area contributed by atoms with Gasteiger partial charge in [-0.3, -0.25) is 0 Å². The van der Waals surface area contributed by atoms with E-state index in [-0.39, 0.29) is 83.8 Å². The molecule has 3 N–H and O–H groups in total. The molecule has 0 heterocycles. The SMILES string of the molecule is CO[Si](O)(O)O.[H-].[H-].[K+].[Na+]. The van der Waals surface area contributed by atoms with Crippen molar-refractivity contribution >= 4 is 9.05 Å². The molecule has 0 aliphatic carbocycles. The summed E-state index contributed by atoms with van der Waals surface area (Å²) in [5.74, 6) is 0. The molecule has 8 heavy (non-hydrogen) atoms. The Labute approximate surface area is 116 Å². The van der Waals surface area contributed by atoms with Crippen LogP contribution in [0, 0.1) is 0 Å². The van der Waals surface area contributed by atoms with Gasteiger partial charge in [-0.15, -0.1) is 0 Å². The molecule has 0 aromatic rings. The van der Waals surface area contributed by atoms with Crippen LogP contribution in [0.1, 0.15) is 2.85 Å². The first-order valence-electron chi connectivity index (χ1n) is 1.28. The zero-order valence-electron chi connectivity index (χ0n) is 7.25. The molecule has 0 saturated heterocycles. The van der Waals surface area contributed by atoms with Crippen molar-refractivity contribution in [2.45, 2.75) is 0 Å². The van der Waals surface area contributed by atoms with Gasteiger partial charge in [-0.05, 0) is 0 Å². The van der Waals surface area contributed by atoms with E-state index in [1.54, 1.807) is 0 Å². The number of hydrogen-bond acceptors (Lipinski definition) is 4. The molecular weight excluding hydrogens is 166 g/mol. The average molecular weight is 174 g/mol. The Balaban J connectivity index is -0.0000000208. The molecule has 0 radical (unpaired) electrons. The molecule has 0 atom stereocenters. The Morgan fingerprint density at radius 3 is 1.50 bits per heavy atom. The van der Waals surface area contributed by atoms with E-state index in [2.05, 4.69) is 4.43 Å². The molecule has 0 aromatic carbocycles. The van der Waals surface area contributed by atoms with Gasteiger partial charge in [0, 0.05) is 7.11 Å². The first-order chi connectivity index (χ1) is 2.56. The molecule has 4 nitrogen and oxygen atoms in total. The minimum Gasteiger partial charge on any atom is -1.00 e. The van der Waals surface area contributed by atoms with Crippen LogP contribution >= 0.6 is 0 Å². The third-order valence-corrected chi connectivity index (χ3v) is 0.822. The molecule has 0 unspecified atom stereocenters. The molecule has 0 aromatic heterocycles. The third kappa shape index (κ3) is 15.9. The van der Waals surface area contributed by atoms with E-state index in [4.69, 9.17) is 14.4 Å². The summed E-state index contributed by atoms with van der Waals surface area (Å²) in [5.41, 5.74) is 0. The summed E-state index contributed by atoms with van der Waals surface area (Å²) in [5, 5.41) is 0. The van der Waals surface area contributed by atoms with Gasteiger partial charge in [0.05, 0.1) is 0 Å². The van der Waals surface area contributed by atoms with Crippen LogP contribution in [0.15, 0.2) is 0 Å². The van der Waals surface area contributed by atoms with Gasteiger partial charge in [0.15, 0.2) is 0 Å². The van der Waals surface area contributed by atoms with E-state index < -0.39 is 9.05 Å². The topological polar surface area (TPSA) is 69.9 Å². The van der Waals surface area contributed by atoms with Crippen molar-refractivity contribution in [1.82, 2.24) is 0 Å². The largest absolute Gasteiger partial charge is 1.00 e. The quantitative estimate of drug-likeness (QED) is 0.345. The summed E-state index contributed by atoms with van der Waals surface area (Å²) in [6, 6.07) is 0. The van der Waals surface area contributed by atoms with E-state index in [0.717, 1.165) is 7.11 Å². The fraction of sp³-hybridized carbons (Fsp3) is 1.00. The Bertz CT molecular complexity index is 53.0. The van der Waals surface area contributed by atoms with Crippen LogP contribution < -0.4 is 80.9 Å².